The second kappa shape index (κ2) is 10.1. The first-order valence-electron chi connectivity index (χ1n) is 10.6. The van der Waals surface area contributed by atoms with Crippen LogP contribution in [0.5, 0.6) is 0 Å². The molecule has 9 heteroatoms. The van der Waals surface area contributed by atoms with E-state index < -0.39 is 5.25 Å². The van der Waals surface area contributed by atoms with Gasteiger partial charge in [-0.05, 0) is 37.6 Å². The minimum atomic E-state index is -0.421. The van der Waals surface area contributed by atoms with Gasteiger partial charge in [-0.1, -0.05) is 48.2 Å². The quantitative estimate of drug-likeness (QED) is 0.549. The van der Waals surface area contributed by atoms with Crippen molar-refractivity contribution in [2.75, 3.05) is 31.2 Å². The van der Waals surface area contributed by atoms with Gasteiger partial charge >= 0.3 is 0 Å². The molecule has 2 aromatic carbocycles. The van der Waals surface area contributed by atoms with Crippen LogP contribution in [0.25, 0.3) is 5.69 Å². The summed E-state index contributed by atoms with van der Waals surface area (Å²) in [6.07, 6.45) is 0. The predicted octanol–water partition coefficient (Wildman–Crippen LogP) is 3.60. The van der Waals surface area contributed by atoms with Crippen molar-refractivity contribution in [2.45, 2.75) is 30.3 Å². The molecule has 2 unspecified atom stereocenters. The summed E-state index contributed by atoms with van der Waals surface area (Å²) in [5.41, 5.74) is 1.65. The Labute approximate surface area is 191 Å². The van der Waals surface area contributed by atoms with Crippen LogP contribution >= 0.6 is 11.8 Å². The molecule has 3 aromatic rings. The van der Waals surface area contributed by atoms with Crippen molar-refractivity contribution in [1.29, 1.82) is 0 Å². The lowest BCUT2D eigenvalue weighted by Gasteiger charge is -2.28. The minimum Gasteiger partial charge on any atom is -0.378 e. The molecule has 1 aliphatic rings. The molecule has 2 atom stereocenters. The molecule has 0 spiro atoms. The van der Waals surface area contributed by atoms with Gasteiger partial charge in [0.15, 0.2) is 5.16 Å². The van der Waals surface area contributed by atoms with Crippen molar-refractivity contribution >= 4 is 23.6 Å². The number of ether oxygens (including phenoxy) is 1. The highest BCUT2D eigenvalue weighted by molar-refractivity contribution is 8.00. The van der Waals surface area contributed by atoms with E-state index in [0.717, 1.165) is 5.56 Å². The molecule has 4 rings (SSSR count). The number of morpholine rings is 1. The lowest BCUT2D eigenvalue weighted by atomic mass is 10.1. The van der Waals surface area contributed by atoms with Crippen LogP contribution in [0.2, 0.25) is 0 Å². The number of nitrogens with zero attached hydrogens (tertiary/aromatic N) is 4. The number of rotatable bonds is 7. The zero-order valence-corrected chi connectivity index (χ0v) is 18.9. The van der Waals surface area contributed by atoms with Crippen LogP contribution in [0.1, 0.15) is 25.5 Å². The van der Waals surface area contributed by atoms with Crippen LogP contribution in [0.4, 0.5) is 10.3 Å². The van der Waals surface area contributed by atoms with Crippen LogP contribution < -0.4 is 10.2 Å². The molecule has 0 bridgehead atoms. The van der Waals surface area contributed by atoms with Crippen molar-refractivity contribution < 1.29 is 13.9 Å². The Morgan fingerprint density at radius 3 is 2.56 bits per heavy atom. The van der Waals surface area contributed by atoms with Gasteiger partial charge in [-0.25, -0.2) is 4.39 Å². The van der Waals surface area contributed by atoms with Gasteiger partial charge < -0.3 is 15.0 Å². The summed E-state index contributed by atoms with van der Waals surface area (Å²) in [7, 11) is 0. The molecular weight excluding hydrogens is 429 g/mol. The number of anilines is 1. The van der Waals surface area contributed by atoms with Gasteiger partial charge in [0.1, 0.15) is 5.82 Å². The Balaban J connectivity index is 1.56. The van der Waals surface area contributed by atoms with E-state index in [1.165, 1.54) is 23.9 Å². The Kier molecular flexibility index (Phi) is 7.06. The van der Waals surface area contributed by atoms with E-state index in [9.17, 15) is 9.18 Å². The number of carbonyl (C=O) groups excluding carboxylic acids is 1. The van der Waals surface area contributed by atoms with E-state index in [-0.39, 0.29) is 17.8 Å². The van der Waals surface area contributed by atoms with Crippen LogP contribution in [-0.2, 0) is 9.53 Å². The predicted molar refractivity (Wildman–Crippen MR) is 123 cm³/mol. The SMILES string of the molecule is CC(Sc1nnc(N2CCOCC2)n1-c1cccc(F)c1)C(=O)NC(C)c1ccccc1. The van der Waals surface area contributed by atoms with E-state index in [0.29, 0.717) is 43.1 Å². The van der Waals surface area contributed by atoms with Crippen LogP contribution in [0.3, 0.4) is 0 Å². The van der Waals surface area contributed by atoms with Crippen molar-refractivity contribution in [3.63, 3.8) is 0 Å². The molecular formula is C23H26FN5O2S. The first kappa shape index (κ1) is 22.3. The highest BCUT2D eigenvalue weighted by Gasteiger charge is 2.25. The van der Waals surface area contributed by atoms with Crippen molar-refractivity contribution in [2.24, 2.45) is 0 Å². The van der Waals surface area contributed by atoms with Gasteiger partial charge in [0, 0.05) is 13.1 Å². The maximum Gasteiger partial charge on any atom is 0.233 e. The van der Waals surface area contributed by atoms with E-state index in [4.69, 9.17) is 4.74 Å². The largest absolute Gasteiger partial charge is 0.378 e. The fourth-order valence-electron chi connectivity index (χ4n) is 3.52. The van der Waals surface area contributed by atoms with E-state index in [2.05, 4.69) is 20.4 Å². The summed E-state index contributed by atoms with van der Waals surface area (Å²) in [5, 5.41) is 11.9. The van der Waals surface area contributed by atoms with Crippen molar-refractivity contribution in [1.82, 2.24) is 20.1 Å². The average Bonchev–Trinajstić information content (AvgIpc) is 3.23. The Bertz CT molecular complexity index is 1060. The molecule has 32 heavy (non-hydrogen) atoms. The molecule has 1 N–H and O–H groups in total. The monoisotopic (exact) mass is 455 g/mol. The molecule has 1 saturated heterocycles. The number of carbonyl (C=O) groups is 1. The number of halogens is 1. The van der Waals surface area contributed by atoms with E-state index in [1.807, 2.05) is 54.8 Å². The van der Waals surface area contributed by atoms with Gasteiger partial charge in [0.05, 0.1) is 30.2 Å². The minimum absolute atomic E-state index is 0.104. The van der Waals surface area contributed by atoms with Crippen LogP contribution in [0.15, 0.2) is 59.8 Å². The average molecular weight is 456 g/mol. The zero-order chi connectivity index (χ0) is 22.5. The van der Waals surface area contributed by atoms with E-state index in [1.54, 1.807) is 6.07 Å². The molecule has 2 heterocycles. The van der Waals surface area contributed by atoms with Gasteiger partial charge in [0.2, 0.25) is 11.9 Å². The topological polar surface area (TPSA) is 72.3 Å². The lowest BCUT2D eigenvalue weighted by molar-refractivity contribution is -0.120. The Hall–Kier alpha value is -2.91. The zero-order valence-electron chi connectivity index (χ0n) is 18.1. The third-order valence-corrected chi connectivity index (χ3v) is 6.33. The molecule has 1 aliphatic heterocycles. The summed E-state index contributed by atoms with van der Waals surface area (Å²) < 4.78 is 21.3. The summed E-state index contributed by atoms with van der Waals surface area (Å²) in [4.78, 5) is 14.9. The van der Waals surface area contributed by atoms with Crippen LogP contribution in [0, 0.1) is 5.82 Å². The smallest absolute Gasteiger partial charge is 0.233 e. The van der Waals surface area contributed by atoms with Crippen molar-refractivity contribution in [3.8, 4) is 5.69 Å². The third-order valence-electron chi connectivity index (χ3n) is 5.29. The summed E-state index contributed by atoms with van der Waals surface area (Å²) in [5.74, 6) is 0.169. The summed E-state index contributed by atoms with van der Waals surface area (Å²) in [6, 6.07) is 16.0. The maximum atomic E-state index is 14.0. The second-order valence-electron chi connectivity index (χ2n) is 7.60. The van der Waals surface area contributed by atoms with E-state index >= 15 is 0 Å². The first-order chi connectivity index (χ1) is 15.5. The fourth-order valence-corrected chi connectivity index (χ4v) is 4.39. The highest BCUT2D eigenvalue weighted by atomic mass is 32.2. The molecule has 1 fully saturated rings. The molecule has 0 saturated carbocycles. The number of benzene rings is 2. The summed E-state index contributed by atoms with van der Waals surface area (Å²) in [6.45, 7) is 6.31. The maximum absolute atomic E-state index is 14.0. The fraction of sp³-hybridized carbons (Fsp3) is 0.348. The highest BCUT2D eigenvalue weighted by Crippen LogP contribution is 2.30. The molecule has 0 radical (unpaired) electrons. The summed E-state index contributed by atoms with van der Waals surface area (Å²) >= 11 is 1.30. The molecule has 7 nitrogen and oxygen atoms in total. The normalized spacial score (nSPS) is 15.9. The Morgan fingerprint density at radius 1 is 1.09 bits per heavy atom. The number of hydrogen-bond donors (Lipinski definition) is 1. The van der Waals surface area contributed by atoms with Gasteiger partial charge in [-0.15, -0.1) is 10.2 Å². The third kappa shape index (κ3) is 5.11. The van der Waals surface area contributed by atoms with Crippen LogP contribution in [-0.4, -0.2) is 52.2 Å². The number of aromatic nitrogens is 3. The standard InChI is InChI=1S/C23H26FN5O2S/c1-16(18-7-4-3-5-8-18)25-21(30)17(2)32-23-27-26-22(28-11-13-31-14-12-28)29(23)20-10-6-9-19(24)15-20/h3-10,15-17H,11-14H2,1-2H3,(H,25,30). The van der Waals surface area contributed by atoms with Gasteiger partial charge in [-0.3, -0.25) is 9.36 Å². The molecule has 1 aromatic heterocycles. The van der Waals surface area contributed by atoms with Gasteiger partial charge in [0.25, 0.3) is 0 Å². The molecule has 1 amide bonds. The number of amides is 1. The van der Waals surface area contributed by atoms with Crippen molar-refractivity contribution in [3.05, 3.63) is 66.0 Å². The van der Waals surface area contributed by atoms with Gasteiger partial charge in [-0.2, -0.15) is 0 Å². The molecule has 0 aliphatic carbocycles. The first-order valence-corrected chi connectivity index (χ1v) is 11.5. The lowest BCUT2D eigenvalue weighted by Crippen LogP contribution is -2.38. The Morgan fingerprint density at radius 2 is 1.84 bits per heavy atom. The number of nitrogens with one attached hydrogen (secondary N) is 1. The number of hydrogen-bond acceptors (Lipinski definition) is 6. The number of thioether (sulfide) groups is 1. The second-order valence-corrected chi connectivity index (χ2v) is 8.91. The molecule has 168 valence electrons.